The Morgan fingerprint density at radius 3 is 2.95 bits per heavy atom. The molecule has 1 amide bonds. The summed E-state index contributed by atoms with van der Waals surface area (Å²) < 4.78 is 3.95. The van der Waals surface area contributed by atoms with Crippen molar-refractivity contribution >= 4 is 23.3 Å². The molecule has 1 unspecified atom stereocenters. The summed E-state index contributed by atoms with van der Waals surface area (Å²) in [6.45, 7) is 7.43. The van der Waals surface area contributed by atoms with Gasteiger partial charge in [-0.25, -0.2) is 0 Å². The van der Waals surface area contributed by atoms with E-state index in [2.05, 4.69) is 23.1 Å². The predicted octanol–water partition coefficient (Wildman–Crippen LogP) is 1.53. The average molecular weight is 282 g/mol. The topological polar surface area (TPSA) is 62.5 Å². The lowest BCUT2D eigenvalue weighted by Crippen LogP contribution is -2.34. The maximum Gasteiger partial charge on any atom is 0.258 e. The van der Waals surface area contributed by atoms with Crippen LogP contribution in [0, 0.1) is 5.92 Å². The molecule has 2 heterocycles. The molecular weight excluding hydrogens is 260 g/mol. The van der Waals surface area contributed by atoms with Crippen molar-refractivity contribution in [3.05, 3.63) is 10.9 Å². The molecular formula is C13H22N4OS. The fourth-order valence-electron chi connectivity index (χ4n) is 2.56. The van der Waals surface area contributed by atoms with Crippen molar-refractivity contribution in [3.63, 3.8) is 0 Å². The van der Waals surface area contributed by atoms with E-state index in [0.29, 0.717) is 23.3 Å². The van der Waals surface area contributed by atoms with Gasteiger partial charge in [-0.15, -0.1) is 0 Å². The number of aromatic nitrogens is 1. The number of hydrogen-bond acceptors (Lipinski definition) is 5. The number of nitrogens with zero attached hydrogens (tertiary/aromatic N) is 3. The normalized spacial score (nSPS) is 20.1. The summed E-state index contributed by atoms with van der Waals surface area (Å²) in [7, 11) is 1.84. The molecule has 6 heteroatoms. The minimum absolute atomic E-state index is 0.0192. The second-order valence-corrected chi connectivity index (χ2v) is 6.17. The SMILES string of the molecule is CC(C)N1CCC(CN(C)C(=O)c2csnc2N)C1. The first kappa shape index (κ1) is 14.3. The van der Waals surface area contributed by atoms with Crippen molar-refractivity contribution in [2.45, 2.75) is 26.3 Å². The highest BCUT2D eigenvalue weighted by Crippen LogP contribution is 2.21. The number of likely N-dealkylation sites (tertiary alicyclic amines) is 1. The lowest BCUT2D eigenvalue weighted by Gasteiger charge is -2.23. The molecule has 0 bridgehead atoms. The van der Waals surface area contributed by atoms with E-state index in [1.807, 2.05) is 7.05 Å². The predicted molar refractivity (Wildman–Crippen MR) is 78.3 cm³/mol. The summed E-state index contributed by atoms with van der Waals surface area (Å²) in [5.74, 6) is 0.885. The van der Waals surface area contributed by atoms with Crippen molar-refractivity contribution in [2.24, 2.45) is 5.92 Å². The monoisotopic (exact) mass is 282 g/mol. The molecule has 1 aliphatic heterocycles. The molecule has 0 aliphatic carbocycles. The van der Waals surface area contributed by atoms with Gasteiger partial charge >= 0.3 is 0 Å². The molecule has 0 spiro atoms. The minimum atomic E-state index is -0.0192. The summed E-state index contributed by atoms with van der Waals surface area (Å²) in [6, 6.07) is 0.586. The van der Waals surface area contributed by atoms with Crippen LogP contribution < -0.4 is 5.73 Å². The van der Waals surface area contributed by atoms with E-state index in [1.54, 1.807) is 10.3 Å². The number of hydrogen-bond donors (Lipinski definition) is 1. The third-order valence-corrected chi connectivity index (χ3v) is 4.40. The number of carbonyl (C=O) groups excluding carboxylic acids is 1. The zero-order valence-corrected chi connectivity index (χ0v) is 12.6. The third kappa shape index (κ3) is 3.25. The van der Waals surface area contributed by atoms with Crippen LogP contribution in [0.1, 0.15) is 30.6 Å². The van der Waals surface area contributed by atoms with Gasteiger partial charge in [-0.05, 0) is 44.3 Å². The van der Waals surface area contributed by atoms with Gasteiger partial charge in [-0.2, -0.15) is 4.37 Å². The molecule has 2 N–H and O–H groups in total. The highest BCUT2D eigenvalue weighted by Gasteiger charge is 2.27. The second kappa shape index (κ2) is 5.88. The van der Waals surface area contributed by atoms with Crippen molar-refractivity contribution in [2.75, 3.05) is 32.4 Å². The summed E-state index contributed by atoms with van der Waals surface area (Å²) in [6.07, 6.45) is 1.16. The third-order valence-electron chi connectivity index (χ3n) is 3.75. The first-order valence-corrected chi connectivity index (χ1v) is 7.52. The van der Waals surface area contributed by atoms with Crippen LogP contribution in [0.25, 0.3) is 0 Å². The van der Waals surface area contributed by atoms with Crippen LogP contribution in [-0.2, 0) is 0 Å². The van der Waals surface area contributed by atoms with Crippen molar-refractivity contribution in [3.8, 4) is 0 Å². The van der Waals surface area contributed by atoms with Crippen LogP contribution in [-0.4, -0.2) is 52.8 Å². The molecule has 1 aliphatic rings. The highest BCUT2D eigenvalue weighted by molar-refractivity contribution is 7.04. The molecule has 1 aromatic heterocycles. The first-order valence-electron chi connectivity index (χ1n) is 6.68. The quantitative estimate of drug-likeness (QED) is 0.909. The number of carbonyl (C=O) groups is 1. The smallest absolute Gasteiger partial charge is 0.258 e. The van der Waals surface area contributed by atoms with Crippen LogP contribution in [0.5, 0.6) is 0 Å². The molecule has 0 radical (unpaired) electrons. The van der Waals surface area contributed by atoms with Crippen LogP contribution in [0.3, 0.4) is 0 Å². The minimum Gasteiger partial charge on any atom is -0.382 e. The number of rotatable bonds is 4. The fourth-order valence-corrected chi connectivity index (χ4v) is 3.15. The van der Waals surface area contributed by atoms with E-state index in [1.165, 1.54) is 11.5 Å². The number of amides is 1. The average Bonchev–Trinajstić information content (AvgIpc) is 2.97. The number of nitrogen functional groups attached to an aromatic ring is 1. The largest absolute Gasteiger partial charge is 0.382 e. The molecule has 0 saturated carbocycles. The van der Waals surface area contributed by atoms with Gasteiger partial charge in [0.15, 0.2) is 0 Å². The lowest BCUT2D eigenvalue weighted by molar-refractivity contribution is 0.0774. The Morgan fingerprint density at radius 2 is 2.42 bits per heavy atom. The summed E-state index contributed by atoms with van der Waals surface area (Å²) in [5.41, 5.74) is 6.23. The van der Waals surface area contributed by atoms with Gasteiger partial charge in [0.05, 0.1) is 5.56 Å². The van der Waals surface area contributed by atoms with Gasteiger partial charge in [-0.1, -0.05) is 0 Å². The summed E-state index contributed by atoms with van der Waals surface area (Å²) in [4.78, 5) is 16.5. The fraction of sp³-hybridized carbons (Fsp3) is 0.692. The molecule has 1 aromatic rings. The molecule has 1 fully saturated rings. The van der Waals surface area contributed by atoms with Gasteiger partial charge in [0.25, 0.3) is 5.91 Å². The van der Waals surface area contributed by atoms with E-state index in [0.717, 1.165) is 26.1 Å². The summed E-state index contributed by atoms with van der Waals surface area (Å²) in [5, 5.41) is 1.73. The Hall–Kier alpha value is -1.14. The summed E-state index contributed by atoms with van der Waals surface area (Å²) >= 11 is 1.23. The second-order valence-electron chi connectivity index (χ2n) is 5.54. The van der Waals surface area contributed by atoms with Gasteiger partial charge in [0.2, 0.25) is 0 Å². The van der Waals surface area contributed by atoms with E-state index in [4.69, 9.17) is 5.73 Å². The molecule has 1 saturated heterocycles. The number of anilines is 1. The zero-order valence-electron chi connectivity index (χ0n) is 11.8. The van der Waals surface area contributed by atoms with Gasteiger partial charge in [0, 0.05) is 31.6 Å². The standard InChI is InChI=1S/C13H22N4OS/c1-9(2)17-5-4-10(7-17)6-16(3)13(18)11-8-19-15-12(11)14/h8-10H,4-7H2,1-3H3,(H2,14,15). The van der Waals surface area contributed by atoms with Gasteiger partial charge < -0.3 is 15.5 Å². The maximum atomic E-state index is 12.2. The van der Waals surface area contributed by atoms with Crippen LogP contribution in [0.2, 0.25) is 0 Å². The Morgan fingerprint density at radius 1 is 1.68 bits per heavy atom. The van der Waals surface area contributed by atoms with Crippen molar-refractivity contribution in [1.82, 2.24) is 14.2 Å². The van der Waals surface area contributed by atoms with E-state index in [9.17, 15) is 4.79 Å². The van der Waals surface area contributed by atoms with E-state index >= 15 is 0 Å². The molecule has 0 aromatic carbocycles. The van der Waals surface area contributed by atoms with Crippen molar-refractivity contribution in [1.29, 1.82) is 0 Å². The molecule has 2 rings (SSSR count). The highest BCUT2D eigenvalue weighted by atomic mass is 32.1. The van der Waals surface area contributed by atoms with Gasteiger partial charge in [0.1, 0.15) is 5.82 Å². The Kier molecular flexibility index (Phi) is 4.42. The van der Waals surface area contributed by atoms with Crippen molar-refractivity contribution < 1.29 is 4.79 Å². The molecule has 1 atom stereocenters. The Labute approximate surface area is 118 Å². The molecule has 19 heavy (non-hydrogen) atoms. The Bertz CT molecular complexity index is 446. The van der Waals surface area contributed by atoms with Crippen LogP contribution >= 0.6 is 11.5 Å². The Balaban J connectivity index is 1.90. The zero-order chi connectivity index (χ0) is 14.0. The van der Waals surface area contributed by atoms with Gasteiger partial charge in [-0.3, -0.25) is 4.79 Å². The molecule has 5 nitrogen and oxygen atoms in total. The van der Waals surface area contributed by atoms with E-state index in [-0.39, 0.29) is 5.91 Å². The maximum absolute atomic E-state index is 12.2. The molecule has 106 valence electrons. The number of nitrogens with two attached hydrogens (primary N) is 1. The van der Waals surface area contributed by atoms with Crippen LogP contribution in [0.4, 0.5) is 5.82 Å². The first-order chi connectivity index (χ1) is 8.99. The van der Waals surface area contributed by atoms with Crippen LogP contribution in [0.15, 0.2) is 5.38 Å². The lowest BCUT2D eigenvalue weighted by atomic mass is 10.1. The van der Waals surface area contributed by atoms with E-state index < -0.39 is 0 Å².